The monoisotopic (exact) mass is 214 g/mol. The summed E-state index contributed by atoms with van der Waals surface area (Å²) >= 11 is 6.22. The molecule has 0 N–H and O–H groups in total. The SMILES string of the molecule is BrCCC[N-]Br. The van der Waals surface area contributed by atoms with Gasteiger partial charge in [-0.2, -0.15) is 0 Å². The lowest BCUT2D eigenvalue weighted by atomic mass is 10.5. The van der Waals surface area contributed by atoms with Crippen LogP contribution in [-0.2, 0) is 0 Å². The highest BCUT2D eigenvalue weighted by molar-refractivity contribution is 9.11. The summed E-state index contributed by atoms with van der Waals surface area (Å²) in [6.45, 7) is 0.908. The summed E-state index contributed by atoms with van der Waals surface area (Å²) in [5.74, 6) is 0. The van der Waals surface area contributed by atoms with Gasteiger partial charge in [-0.25, -0.2) is 16.1 Å². The smallest absolute Gasteiger partial charge is 0.00151 e. The Kier molecular flexibility index (Phi) is 6.83. The summed E-state index contributed by atoms with van der Waals surface area (Å²) in [4.78, 5) is 0. The molecule has 0 aromatic rings. The zero-order valence-corrected chi connectivity index (χ0v) is 6.50. The van der Waals surface area contributed by atoms with E-state index in [-0.39, 0.29) is 0 Å². The lowest BCUT2D eigenvalue weighted by Gasteiger charge is -2.03. The van der Waals surface area contributed by atoms with E-state index >= 15 is 0 Å². The highest BCUT2D eigenvalue weighted by Crippen LogP contribution is 1.98. The van der Waals surface area contributed by atoms with Gasteiger partial charge in [0, 0.05) is 5.33 Å². The van der Waals surface area contributed by atoms with E-state index in [0.29, 0.717) is 0 Å². The molecular weight excluding hydrogens is 210 g/mol. The molecule has 3 heteroatoms. The maximum Gasteiger partial charge on any atom is 0.00151 e. The van der Waals surface area contributed by atoms with Gasteiger partial charge in [0.1, 0.15) is 0 Å². The van der Waals surface area contributed by atoms with Gasteiger partial charge < -0.3 is 4.34 Å². The fraction of sp³-hybridized carbons (Fsp3) is 1.00. The van der Waals surface area contributed by atoms with Crippen LogP contribution in [0.1, 0.15) is 6.42 Å². The fourth-order valence-electron chi connectivity index (χ4n) is 0.120. The van der Waals surface area contributed by atoms with Crippen LogP contribution < -0.4 is 0 Å². The largest absolute Gasteiger partial charge is 0.597 e. The Bertz CT molecular complexity index is 20.8. The van der Waals surface area contributed by atoms with Crippen molar-refractivity contribution >= 4 is 32.1 Å². The minimum atomic E-state index is 0.908. The molecule has 0 heterocycles. The van der Waals surface area contributed by atoms with Gasteiger partial charge in [0.15, 0.2) is 0 Å². The van der Waals surface area contributed by atoms with E-state index in [1.807, 2.05) is 0 Å². The number of halogens is 2. The van der Waals surface area contributed by atoms with Gasteiger partial charge in [-0.1, -0.05) is 22.4 Å². The second kappa shape index (κ2) is 5.92. The normalized spacial score (nSPS) is 9.00. The van der Waals surface area contributed by atoms with Crippen molar-refractivity contribution in [3.8, 4) is 0 Å². The third-order valence-corrected chi connectivity index (χ3v) is 1.29. The van der Waals surface area contributed by atoms with Gasteiger partial charge in [0.25, 0.3) is 0 Å². The van der Waals surface area contributed by atoms with Crippen molar-refractivity contribution in [3.05, 3.63) is 4.34 Å². The van der Waals surface area contributed by atoms with E-state index in [2.05, 4.69) is 36.4 Å². The molecule has 6 heavy (non-hydrogen) atoms. The van der Waals surface area contributed by atoms with Gasteiger partial charge in [0.05, 0.1) is 0 Å². The molecule has 1 nitrogen and oxygen atoms in total. The highest BCUT2D eigenvalue weighted by atomic mass is 79.9. The molecule has 0 atom stereocenters. The molecule has 0 aliphatic rings. The maximum absolute atomic E-state index is 3.71. The van der Waals surface area contributed by atoms with Crippen molar-refractivity contribution in [3.63, 3.8) is 0 Å². The Morgan fingerprint density at radius 1 is 1.50 bits per heavy atom. The summed E-state index contributed by atoms with van der Waals surface area (Å²) < 4.78 is 3.71. The predicted octanol–water partition coefficient (Wildman–Crippen LogP) is 2.46. The van der Waals surface area contributed by atoms with Gasteiger partial charge >= 0.3 is 0 Å². The van der Waals surface area contributed by atoms with Crippen LogP contribution in [0.2, 0.25) is 0 Å². The number of alkyl halides is 1. The molecule has 0 aliphatic heterocycles. The predicted molar refractivity (Wildman–Crippen MR) is 35.6 cm³/mol. The van der Waals surface area contributed by atoms with Crippen LogP contribution in [-0.4, -0.2) is 11.9 Å². The summed E-state index contributed by atoms with van der Waals surface area (Å²) in [6, 6.07) is 0. The zero-order valence-electron chi connectivity index (χ0n) is 3.32. The van der Waals surface area contributed by atoms with E-state index < -0.39 is 0 Å². The number of hydrogen-bond acceptors (Lipinski definition) is 0. The van der Waals surface area contributed by atoms with E-state index in [1.165, 1.54) is 0 Å². The summed E-state index contributed by atoms with van der Waals surface area (Å²) in [6.07, 6.45) is 1.12. The minimum Gasteiger partial charge on any atom is -0.597 e. The lowest BCUT2D eigenvalue weighted by molar-refractivity contribution is 1.06. The molecule has 0 saturated carbocycles. The van der Waals surface area contributed by atoms with Crippen LogP contribution in [0.25, 0.3) is 4.34 Å². The first-order chi connectivity index (χ1) is 2.91. The topological polar surface area (TPSA) is 14.1 Å². The molecule has 0 aliphatic carbocycles. The average Bonchev–Trinajstić information content (AvgIpc) is 1.61. The zero-order chi connectivity index (χ0) is 4.83. The molecule has 0 aromatic heterocycles. The van der Waals surface area contributed by atoms with Crippen LogP contribution >= 0.6 is 32.1 Å². The van der Waals surface area contributed by atoms with E-state index in [0.717, 1.165) is 18.3 Å². The first kappa shape index (κ1) is 6.92. The van der Waals surface area contributed by atoms with Crippen LogP contribution in [0.15, 0.2) is 0 Å². The van der Waals surface area contributed by atoms with Crippen molar-refractivity contribution in [1.29, 1.82) is 0 Å². The molecule has 0 aromatic carbocycles. The van der Waals surface area contributed by atoms with Crippen LogP contribution in [0.5, 0.6) is 0 Å². The van der Waals surface area contributed by atoms with Crippen molar-refractivity contribution in [2.45, 2.75) is 6.42 Å². The quantitative estimate of drug-likeness (QED) is 0.508. The standard InChI is InChI=1S/C3H6Br2N/c4-2-1-3-6-5/h1-3H2/q-1. The van der Waals surface area contributed by atoms with E-state index in [9.17, 15) is 0 Å². The average molecular weight is 216 g/mol. The van der Waals surface area contributed by atoms with Crippen molar-refractivity contribution < 1.29 is 0 Å². The fourth-order valence-corrected chi connectivity index (χ4v) is 0.621. The Labute approximate surface area is 55.0 Å². The van der Waals surface area contributed by atoms with Crippen LogP contribution in [0, 0.1) is 0 Å². The van der Waals surface area contributed by atoms with E-state index in [4.69, 9.17) is 0 Å². The summed E-state index contributed by atoms with van der Waals surface area (Å²) in [5, 5.41) is 1.04. The second-order valence-electron chi connectivity index (χ2n) is 0.886. The molecule has 0 fully saturated rings. The molecule has 0 rings (SSSR count). The Morgan fingerprint density at radius 2 is 2.17 bits per heavy atom. The first-order valence-corrected chi connectivity index (χ1v) is 3.58. The first-order valence-electron chi connectivity index (χ1n) is 1.75. The van der Waals surface area contributed by atoms with Crippen molar-refractivity contribution in [1.82, 2.24) is 0 Å². The van der Waals surface area contributed by atoms with Gasteiger partial charge in [0.2, 0.25) is 0 Å². The molecule has 0 bridgehead atoms. The number of hydrogen-bond donors (Lipinski definition) is 0. The lowest BCUT2D eigenvalue weighted by Crippen LogP contribution is -1.76. The third kappa shape index (κ3) is 4.92. The van der Waals surface area contributed by atoms with Gasteiger partial charge in [-0.3, -0.25) is 0 Å². The Balaban J connectivity index is 2.34. The van der Waals surface area contributed by atoms with Gasteiger partial charge in [-0.15, -0.1) is 6.54 Å². The summed E-state index contributed by atoms with van der Waals surface area (Å²) in [5.41, 5.74) is 0. The minimum absolute atomic E-state index is 0.908. The maximum atomic E-state index is 3.71. The van der Waals surface area contributed by atoms with Gasteiger partial charge in [-0.05, 0) is 0 Å². The third-order valence-electron chi connectivity index (χ3n) is 0.376. The molecular formula is C3H6Br2N-. The van der Waals surface area contributed by atoms with Crippen LogP contribution in [0.4, 0.5) is 0 Å². The molecule has 38 valence electrons. The summed E-state index contributed by atoms with van der Waals surface area (Å²) in [7, 11) is 0. The van der Waals surface area contributed by atoms with Crippen LogP contribution in [0.3, 0.4) is 0 Å². The van der Waals surface area contributed by atoms with E-state index in [1.54, 1.807) is 0 Å². The molecule has 0 unspecified atom stereocenters. The number of nitrogens with zero attached hydrogens (tertiary/aromatic N) is 1. The number of rotatable bonds is 3. The Morgan fingerprint density at radius 3 is 2.33 bits per heavy atom. The molecule has 0 radical (unpaired) electrons. The second-order valence-corrected chi connectivity index (χ2v) is 2.18. The molecule has 0 amide bonds. The molecule has 0 spiro atoms. The Hall–Kier alpha value is 0.920. The van der Waals surface area contributed by atoms with Crippen molar-refractivity contribution in [2.75, 3.05) is 11.9 Å². The highest BCUT2D eigenvalue weighted by Gasteiger charge is 1.67. The van der Waals surface area contributed by atoms with Crippen molar-refractivity contribution in [2.24, 2.45) is 0 Å². The molecule has 0 saturated heterocycles.